The zero-order valence-electron chi connectivity index (χ0n) is 12.6. The standard InChI is InChI=1S/C15H23O5P/c1-3-19-21(16,20-4-2)12-13-6-8-14(9-7-13)15-17-10-5-11-18-15/h6-9,15H,3-5,10-12H2,1-2H3. The molecule has 1 aromatic carbocycles. The van der Waals surface area contributed by atoms with E-state index in [0.29, 0.717) is 13.2 Å². The van der Waals surface area contributed by atoms with Crippen molar-refractivity contribution in [3.8, 4) is 0 Å². The Morgan fingerprint density at radius 3 is 2.19 bits per heavy atom. The van der Waals surface area contributed by atoms with Gasteiger partial charge in [-0.3, -0.25) is 4.57 Å². The number of hydrogen-bond acceptors (Lipinski definition) is 5. The molecule has 2 rings (SSSR count). The second-order valence-corrected chi connectivity index (χ2v) is 6.83. The summed E-state index contributed by atoms with van der Waals surface area (Å²) in [5.74, 6) is 0. The first-order valence-corrected chi connectivity index (χ1v) is 9.10. The summed E-state index contributed by atoms with van der Waals surface area (Å²) in [6, 6.07) is 7.71. The molecule has 1 aliphatic rings. The predicted octanol–water partition coefficient (Wildman–Crippen LogP) is 3.89. The third-order valence-corrected chi connectivity index (χ3v) is 5.16. The summed E-state index contributed by atoms with van der Waals surface area (Å²) in [6.07, 6.45) is 0.917. The van der Waals surface area contributed by atoms with Crippen molar-refractivity contribution >= 4 is 7.60 Å². The van der Waals surface area contributed by atoms with Crippen LogP contribution in [0, 0.1) is 0 Å². The van der Waals surface area contributed by atoms with Gasteiger partial charge in [0.05, 0.1) is 32.6 Å². The average Bonchev–Trinajstić information content (AvgIpc) is 2.49. The maximum Gasteiger partial charge on any atom is 0.335 e. The lowest BCUT2D eigenvalue weighted by molar-refractivity contribution is -0.183. The van der Waals surface area contributed by atoms with Crippen molar-refractivity contribution in [2.75, 3.05) is 26.4 Å². The van der Waals surface area contributed by atoms with E-state index in [9.17, 15) is 4.57 Å². The molecule has 1 heterocycles. The van der Waals surface area contributed by atoms with Gasteiger partial charge >= 0.3 is 7.60 Å². The summed E-state index contributed by atoms with van der Waals surface area (Å²) < 4.78 is 34.2. The average molecular weight is 314 g/mol. The van der Waals surface area contributed by atoms with Crippen LogP contribution in [-0.4, -0.2) is 26.4 Å². The number of rotatable bonds is 7. The summed E-state index contributed by atoms with van der Waals surface area (Å²) in [7, 11) is -3.05. The minimum atomic E-state index is -3.05. The Kier molecular flexibility index (Phi) is 6.40. The van der Waals surface area contributed by atoms with E-state index in [1.807, 2.05) is 38.1 Å². The highest BCUT2D eigenvalue weighted by atomic mass is 31.2. The van der Waals surface area contributed by atoms with E-state index in [1.54, 1.807) is 0 Å². The molecule has 0 radical (unpaired) electrons. The van der Waals surface area contributed by atoms with Crippen LogP contribution in [-0.2, 0) is 29.2 Å². The lowest BCUT2D eigenvalue weighted by Gasteiger charge is -2.23. The van der Waals surface area contributed by atoms with Crippen LogP contribution in [0.1, 0.15) is 37.7 Å². The van der Waals surface area contributed by atoms with Crippen molar-refractivity contribution in [2.45, 2.75) is 32.7 Å². The molecule has 5 nitrogen and oxygen atoms in total. The molecule has 0 atom stereocenters. The van der Waals surface area contributed by atoms with Gasteiger partial charge in [-0.1, -0.05) is 24.3 Å². The van der Waals surface area contributed by atoms with Gasteiger partial charge in [-0.15, -0.1) is 0 Å². The maximum absolute atomic E-state index is 12.5. The third kappa shape index (κ3) is 4.90. The molecular formula is C15H23O5P. The molecule has 21 heavy (non-hydrogen) atoms. The molecular weight excluding hydrogens is 291 g/mol. The summed E-state index contributed by atoms with van der Waals surface area (Å²) in [6.45, 7) is 5.81. The molecule has 0 N–H and O–H groups in total. The van der Waals surface area contributed by atoms with E-state index >= 15 is 0 Å². The van der Waals surface area contributed by atoms with Crippen LogP contribution in [0.25, 0.3) is 0 Å². The van der Waals surface area contributed by atoms with Crippen LogP contribution >= 0.6 is 7.60 Å². The lowest BCUT2D eigenvalue weighted by Crippen LogP contribution is -2.17. The fraction of sp³-hybridized carbons (Fsp3) is 0.600. The first-order valence-electron chi connectivity index (χ1n) is 7.37. The normalized spacial score (nSPS) is 17.0. The van der Waals surface area contributed by atoms with Crippen LogP contribution in [0.3, 0.4) is 0 Å². The summed E-state index contributed by atoms with van der Waals surface area (Å²) >= 11 is 0. The molecule has 118 valence electrons. The van der Waals surface area contributed by atoms with Crippen LogP contribution in [0.4, 0.5) is 0 Å². The Hall–Kier alpha value is -0.710. The molecule has 1 fully saturated rings. The fourth-order valence-electron chi connectivity index (χ4n) is 2.21. The van der Waals surface area contributed by atoms with Crippen molar-refractivity contribution in [1.29, 1.82) is 0 Å². The highest BCUT2D eigenvalue weighted by molar-refractivity contribution is 7.53. The van der Waals surface area contributed by atoms with Gasteiger partial charge < -0.3 is 18.5 Å². The van der Waals surface area contributed by atoms with Crippen molar-refractivity contribution in [3.05, 3.63) is 35.4 Å². The van der Waals surface area contributed by atoms with Crippen molar-refractivity contribution in [1.82, 2.24) is 0 Å². The topological polar surface area (TPSA) is 54.0 Å². The Morgan fingerprint density at radius 1 is 1.10 bits per heavy atom. The molecule has 1 aromatic rings. The van der Waals surface area contributed by atoms with Crippen molar-refractivity contribution < 1.29 is 23.1 Å². The smallest absolute Gasteiger partial charge is 0.335 e. The lowest BCUT2D eigenvalue weighted by atomic mass is 10.1. The van der Waals surface area contributed by atoms with Gasteiger partial charge in [0.1, 0.15) is 0 Å². The van der Waals surface area contributed by atoms with E-state index in [1.165, 1.54) is 0 Å². The van der Waals surface area contributed by atoms with E-state index in [0.717, 1.165) is 30.8 Å². The fourth-order valence-corrected chi connectivity index (χ4v) is 3.91. The summed E-state index contributed by atoms with van der Waals surface area (Å²) in [5.41, 5.74) is 1.89. The van der Waals surface area contributed by atoms with Crippen LogP contribution in [0.5, 0.6) is 0 Å². The van der Waals surface area contributed by atoms with E-state index in [2.05, 4.69) is 0 Å². The number of hydrogen-bond donors (Lipinski definition) is 0. The van der Waals surface area contributed by atoms with E-state index in [4.69, 9.17) is 18.5 Å². The van der Waals surface area contributed by atoms with Crippen LogP contribution in [0.15, 0.2) is 24.3 Å². The summed E-state index contributed by atoms with van der Waals surface area (Å²) in [4.78, 5) is 0. The predicted molar refractivity (Wildman–Crippen MR) is 80.3 cm³/mol. The Labute approximate surface area is 126 Å². The number of benzene rings is 1. The van der Waals surface area contributed by atoms with E-state index < -0.39 is 7.60 Å². The molecule has 0 unspecified atom stereocenters. The Morgan fingerprint density at radius 2 is 1.67 bits per heavy atom. The van der Waals surface area contributed by atoms with Gasteiger partial charge in [0, 0.05) is 5.56 Å². The van der Waals surface area contributed by atoms with Gasteiger partial charge in [-0.25, -0.2) is 0 Å². The largest absolute Gasteiger partial charge is 0.348 e. The van der Waals surface area contributed by atoms with Gasteiger partial charge in [-0.2, -0.15) is 0 Å². The third-order valence-electron chi connectivity index (χ3n) is 3.11. The highest BCUT2D eigenvalue weighted by Crippen LogP contribution is 2.51. The van der Waals surface area contributed by atoms with Gasteiger partial charge in [0.15, 0.2) is 6.29 Å². The molecule has 0 aromatic heterocycles. The zero-order valence-corrected chi connectivity index (χ0v) is 13.5. The molecule has 0 aliphatic carbocycles. The minimum Gasteiger partial charge on any atom is -0.348 e. The van der Waals surface area contributed by atoms with Gasteiger partial charge in [-0.05, 0) is 25.8 Å². The second kappa shape index (κ2) is 8.06. The second-order valence-electron chi connectivity index (χ2n) is 4.77. The molecule has 0 spiro atoms. The minimum absolute atomic E-state index is 0.279. The first kappa shape index (κ1) is 16.7. The first-order chi connectivity index (χ1) is 10.2. The van der Waals surface area contributed by atoms with Gasteiger partial charge in [0.2, 0.25) is 0 Å². The molecule has 0 amide bonds. The number of ether oxygens (including phenoxy) is 2. The van der Waals surface area contributed by atoms with Crippen molar-refractivity contribution in [2.24, 2.45) is 0 Å². The Bertz CT molecular complexity index is 457. The van der Waals surface area contributed by atoms with Gasteiger partial charge in [0.25, 0.3) is 0 Å². The van der Waals surface area contributed by atoms with Crippen LogP contribution in [0.2, 0.25) is 0 Å². The quantitative estimate of drug-likeness (QED) is 0.715. The molecule has 1 saturated heterocycles. The highest BCUT2D eigenvalue weighted by Gasteiger charge is 2.24. The summed E-state index contributed by atoms with van der Waals surface area (Å²) in [5, 5.41) is 0. The zero-order chi connectivity index (χ0) is 15.1. The maximum atomic E-state index is 12.5. The Balaban J connectivity index is 2.02. The SMILES string of the molecule is CCOP(=O)(Cc1ccc(C2OCCCO2)cc1)OCC. The van der Waals surface area contributed by atoms with Crippen molar-refractivity contribution in [3.63, 3.8) is 0 Å². The molecule has 0 saturated carbocycles. The monoisotopic (exact) mass is 314 g/mol. The van der Waals surface area contributed by atoms with Crippen LogP contribution < -0.4 is 0 Å². The molecule has 1 aliphatic heterocycles. The molecule has 6 heteroatoms. The molecule has 0 bridgehead atoms. The van der Waals surface area contributed by atoms with E-state index in [-0.39, 0.29) is 12.5 Å².